The molecule has 0 saturated carbocycles. The number of nitrogens with one attached hydrogen (secondary N) is 1. The Morgan fingerprint density at radius 1 is 1.17 bits per heavy atom. The van der Waals surface area contributed by atoms with Crippen molar-refractivity contribution >= 4 is 11.9 Å². The Bertz CT molecular complexity index is 872. The number of imidazole rings is 1. The van der Waals surface area contributed by atoms with Gasteiger partial charge in [0.05, 0.1) is 19.0 Å². The van der Waals surface area contributed by atoms with E-state index in [9.17, 15) is 9.18 Å². The smallest absolute Gasteiger partial charge is 0.257 e. The molecular formula is C18H16FN3O2. The van der Waals surface area contributed by atoms with Gasteiger partial charge in [0.15, 0.2) is 0 Å². The third-order valence-corrected chi connectivity index (χ3v) is 3.70. The number of carbonyl (C=O) groups excluding carboxylic acids is 1. The van der Waals surface area contributed by atoms with Crippen molar-refractivity contribution in [2.45, 2.75) is 0 Å². The zero-order chi connectivity index (χ0) is 17.1. The van der Waals surface area contributed by atoms with Crippen LogP contribution in [0.2, 0.25) is 0 Å². The Labute approximate surface area is 138 Å². The lowest BCUT2D eigenvalue weighted by molar-refractivity contribution is 0.102. The minimum Gasteiger partial charge on any atom is -0.496 e. The molecule has 0 unspecified atom stereocenters. The second kappa shape index (κ2) is 6.54. The van der Waals surface area contributed by atoms with Gasteiger partial charge in [0.1, 0.15) is 11.6 Å². The molecule has 6 heteroatoms. The van der Waals surface area contributed by atoms with Crippen LogP contribution >= 0.6 is 0 Å². The fraction of sp³-hybridized carbons (Fsp3) is 0.111. The highest BCUT2D eigenvalue weighted by atomic mass is 19.1. The standard InChI is InChI=1S/C18H16FN3O2/c1-22-15(14-5-3-4-6-16(14)24-2)11-20-18(22)21-17(23)12-7-9-13(19)10-8-12/h3-11H,1-2H3,(H,20,21,23). The van der Waals surface area contributed by atoms with Crippen molar-refractivity contribution in [3.05, 3.63) is 66.1 Å². The summed E-state index contributed by atoms with van der Waals surface area (Å²) in [6.45, 7) is 0. The Hall–Kier alpha value is -3.15. The van der Waals surface area contributed by atoms with E-state index in [4.69, 9.17) is 4.74 Å². The number of carbonyl (C=O) groups is 1. The zero-order valence-corrected chi connectivity index (χ0v) is 13.3. The quantitative estimate of drug-likeness (QED) is 0.799. The lowest BCUT2D eigenvalue weighted by atomic mass is 10.1. The minimum atomic E-state index is -0.387. The van der Waals surface area contributed by atoms with Gasteiger partial charge >= 0.3 is 0 Å². The fourth-order valence-electron chi connectivity index (χ4n) is 2.41. The first-order valence-electron chi connectivity index (χ1n) is 7.32. The Morgan fingerprint density at radius 3 is 2.58 bits per heavy atom. The number of hydrogen-bond acceptors (Lipinski definition) is 3. The molecule has 0 aliphatic heterocycles. The van der Waals surface area contributed by atoms with Crippen molar-refractivity contribution in [3.63, 3.8) is 0 Å². The van der Waals surface area contributed by atoms with Crippen molar-refractivity contribution in [2.24, 2.45) is 7.05 Å². The Balaban J connectivity index is 1.87. The third-order valence-electron chi connectivity index (χ3n) is 3.70. The molecule has 1 N–H and O–H groups in total. The highest BCUT2D eigenvalue weighted by Crippen LogP contribution is 2.30. The van der Waals surface area contributed by atoms with Gasteiger partial charge in [0.25, 0.3) is 5.91 Å². The maximum absolute atomic E-state index is 12.9. The van der Waals surface area contributed by atoms with Gasteiger partial charge in [-0.2, -0.15) is 0 Å². The summed E-state index contributed by atoms with van der Waals surface area (Å²) >= 11 is 0. The number of anilines is 1. The van der Waals surface area contributed by atoms with Crippen LogP contribution in [0, 0.1) is 5.82 Å². The first-order chi connectivity index (χ1) is 11.6. The number of aromatic nitrogens is 2. The normalized spacial score (nSPS) is 10.5. The van der Waals surface area contributed by atoms with Gasteiger partial charge in [-0.05, 0) is 36.4 Å². The second-order valence-corrected chi connectivity index (χ2v) is 5.19. The average Bonchev–Trinajstić information content (AvgIpc) is 2.96. The van der Waals surface area contributed by atoms with Crippen LogP contribution in [-0.4, -0.2) is 22.6 Å². The van der Waals surface area contributed by atoms with Gasteiger partial charge in [-0.1, -0.05) is 12.1 Å². The highest BCUT2D eigenvalue weighted by molar-refractivity contribution is 6.03. The van der Waals surface area contributed by atoms with Crippen LogP contribution in [0.4, 0.5) is 10.3 Å². The third kappa shape index (κ3) is 2.99. The SMILES string of the molecule is COc1ccccc1-c1cnc(NC(=O)c2ccc(F)cc2)n1C. The Morgan fingerprint density at radius 2 is 1.88 bits per heavy atom. The van der Waals surface area contributed by atoms with Gasteiger partial charge in [0, 0.05) is 18.2 Å². The summed E-state index contributed by atoms with van der Waals surface area (Å²) in [7, 11) is 3.40. The first-order valence-corrected chi connectivity index (χ1v) is 7.32. The number of nitrogens with zero attached hydrogens (tertiary/aromatic N) is 2. The minimum absolute atomic E-state index is 0.352. The van der Waals surface area contributed by atoms with E-state index in [2.05, 4.69) is 10.3 Å². The molecule has 0 spiro atoms. The number of hydrogen-bond donors (Lipinski definition) is 1. The van der Waals surface area contributed by atoms with Gasteiger partial charge in [-0.25, -0.2) is 9.37 Å². The predicted octanol–water partition coefficient (Wildman–Crippen LogP) is 3.49. The van der Waals surface area contributed by atoms with E-state index in [0.29, 0.717) is 11.5 Å². The molecule has 1 heterocycles. The van der Waals surface area contributed by atoms with Crippen molar-refractivity contribution in [1.29, 1.82) is 0 Å². The van der Waals surface area contributed by atoms with E-state index in [1.165, 1.54) is 24.3 Å². The first kappa shape index (κ1) is 15.7. The molecule has 0 radical (unpaired) electrons. The zero-order valence-electron chi connectivity index (χ0n) is 13.3. The molecule has 0 fully saturated rings. The summed E-state index contributed by atoms with van der Waals surface area (Å²) in [5, 5.41) is 2.72. The fourth-order valence-corrected chi connectivity index (χ4v) is 2.41. The van der Waals surface area contributed by atoms with Gasteiger partial charge in [0.2, 0.25) is 5.95 Å². The molecule has 122 valence electrons. The lowest BCUT2D eigenvalue weighted by Gasteiger charge is -2.10. The molecule has 0 aliphatic carbocycles. The van der Waals surface area contributed by atoms with Crippen LogP contribution in [0.25, 0.3) is 11.3 Å². The van der Waals surface area contributed by atoms with E-state index in [0.717, 1.165) is 17.0 Å². The van der Waals surface area contributed by atoms with Crippen molar-refractivity contribution in [2.75, 3.05) is 12.4 Å². The van der Waals surface area contributed by atoms with Crippen molar-refractivity contribution in [3.8, 4) is 17.0 Å². The molecule has 1 aromatic heterocycles. The number of methoxy groups -OCH3 is 1. The van der Waals surface area contributed by atoms with Crippen LogP contribution in [0.3, 0.4) is 0 Å². The molecule has 0 aliphatic rings. The monoisotopic (exact) mass is 325 g/mol. The van der Waals surface area contributed by atoms with E-state index in [-0.39, 0.29) is 11.7 Å². The number of para-hydroxylation sites is 1. The number of halogens is 1. The van der Waals surface area contributed by atoms with Crippen molar-refractivity contribution < 1.29 is 13.9 Å². The predicted molar refractivity (Wildman–Crippen MR) is 89.5 cm³/mol. The molecule has 0 atom stereocenters. The highest BCUT2D eigenvalue weighted by Gasteiger charge is 2.15. The largest absolute Gasteiger partial charge is 0.496 e. The van der Waals surface area contributed by atoms with Crippen LogP contribution in [-0.2, 0) is 7.05 Å². The molecule has 0 bridgehead atoms. The molecular weight excluding hydrogens is 309 g/mol. The average molecular weight is 325 g/mol. The van der Waals surface area contributed by atoms with E-state index in [1.54, 1.807) is 24.9 Å². The summed E-state index contributed by atoms with van der Waals surface area (Å²) in [4.78, 5) is 16.5. The summed E-state index contributed by atoms with van der Waals surface area (Å²) in [5.74, 6) is 0.374. The second-order valence-electron chi connectivity index (χ2n) is 5.19. The summed E-state index contributed by atoms with van der Waals surface area (Å²) < 4.78 is 20.1. The summed E-state index contributed by atoms with van der Waals surface area (Å²) in [5.41, 5.74) is 2.04. The summed E-state index contributed by atoms with van der Waals surface area (Å²) in [6, 6.07) is 12.9. The number of ether oxygens (including phenoxy) is 1. The molecule has 3 aromatic rings. The van der Waals surface area contributed by atoms with Crippen LogP contribution in [0.5, 0.6) is 5.75 Å². The van der Waals surface area contributed by atoms with Gasteiger partial charge in [-0.15, -0.1) is 0 Å². The maximum atomic E-state index is 12.9. The number of rotatable bonds is 4. The summed E-state index contributed by atoms with van der Waals surface area (Å²) in [6.07, 6.45) is 1.66. The molecule has 2 aromatic carbocycles. The maximum Gasteiger partial charge on any atom is 0.257 e. The lowest BCUT2D eigenvalue weighted by Crippen LogP contribution is -2.15. The van der Waals surface area contributed by atoms with Crippen LogP contribution in [0.15, 0.2) is 54.7 Å². The number of benzene rings is 2. The molecule has 3 rings (SSSR count). The molecule has 5 nitrogen and oxygen atoms in total. The van der Waals surface area contributed by atoms with Crippen LogP contribution < -0.4 is 10.1 Å². The topological polar surface area (TPSA) is 56.1 Å². The number of amides is 1. The molecule has 0 saturated heterocycles. The van der Waals surface area contributed by atoms with Gasteiger partial charge < -0.3 is 9.30 Å². The molecule has 24 heavy (non-hydrogen) atoms. The molecule has 1 amide bonds. The van der Waals surface area contributed by atoms with Crippen molar-refractivity contribution in [1.82, 2.24) is 9.55 Å². The van der Waals surface area contributed by atoms with Gasteiger partial charge in [-0.3, -0.25) is 10.1 Å². The van der Waals surface area contributed by atoms with E-state index < -0.39 is 0 Å². The Kier molecular flexibility index (Phi) is 4.29. The van der Waals surface area contributed by atoms with E-state index in [1.807, 2.05) is 24.3 Å². The van der Waals surface area contributed by atoms with E-state index >= 15 is 0 Å². The van der Waals surface area contributed by atoms with Crippen LogP contribution in [0.1, 0.15) is 10.4 Å².